The molecule has 0 heterocycles. The van der Waals surface area contributed by atoms with Crippen LogP contribution < -0.4 is 16.0 Å². The molecular formula is C36H43N3. The van der Waals surface area contributed by atoms with Gasteiger partial charge in [0.05, 0.1) is 5.54 Å². The lowest BCUT2D eigenvalue weighted by Crippen LogP contribution is -2.28. The first-order chi connectivity index (χ1) is 18.6. The molecule has 202 valence electrons. The average Bonchev–Trinajstić information content (AvgIpc) is 3.68. The highest BCUT2D eigenvalue weighted by Crippen LogP contribution is 2.49. The fourth-order valence-electron chi connectivity index (χ4n) is 5.12. The van der Waals surface area contributed by atoms with E-state index in [1.165, 1.54) is 16.3 Å². The van der Waals surface area contributed by atoms with Gasteiger partial charge in [-0.15, -0.1) is 0 Å². The molecule has 1 aliphatic rings. The van der Waals surface area contributed by atoms with Gasteiger partial charge in [0, 0.05) is 35.7 Å². The van der Waals surface area contributed by atoms with E-state index in [2.05, 4.69) is 142 Å². The number of benzene rings is 3. The number of fused-ring (bicyclic) bond motifs is 1. The summed E-state index contributed by atoms with van der Waals surface area (Å²) >= 11 is 0. The second kappa shape index (κ2) is 11.8. The van der Waals surface area contributed by atoms with Gasteiger partial charge in [-0.2, -0.15) is 0 Å². The molecule has 0 amide bonds. The molecule has 0 aliphatic heterocycles. The van der Waals surface area contributed by atoms with Gasteiger partial charge in [0.15, 0.2) is 0 Å². The lowest BCUT2D eigenvalue weighted by molar-refractivity contribution is 0.413. The molecule has 3 aromatic rings. The predicted molar refractivity (Wildman–Crippen MR) is 169 cm³/mol. The largest absolute Gasteiger partial charge is 0.380 e. The van der Waals surface area contributed by atoms with Crippen molar-refractivity contribution in [3.63, 3.8) is 0 Å². The molecular weight excluding hydrogens is 474 g/mol. The number of nitrogens with one attached hydrogen (secondary N) is 3. The molecule has 0 saturated heterocycles. The maximum Gasteiger partial charge on any atom is 0.0633 e. The van der Waals surface area contributed by atoms with Gasteiger partial charge in [-0.3, -0.25) is 0 Å². The third-order valence-corrected chi connectivity index (χ3v) is 7.19. The Balaban J connectivity index is 1.34. The maximum atomic E-state index is 4.46. The Bertz CT molecular complexity index is 1410. The van der Waals surface area contributed by atoms with E-state index in [9.17, 15) is 0 Å². The van der Waals surface area contributed by atoms with Crippen molar-refractivity contribution in [2.24, 2.45) is 5.41 Å². The van der Waals surface area contributed by atoms with Crippen LogP contribution in [0.4, 0.5) is 0 Å². The number of hydrogen-bond donors (Lipinski definition) is 3. The van der Waals surface area contributed by atoms with Crippen LogP contribution in [0.3, 0.4) is 0 Å². The molecule has 0 unspecified atom stereocenters. The monoisotopic (exact) mass is 517 g/mol. The van der Waals surface area contributed by atoms with Gasteiger partial charge < -0.3 is 16.0 Å². The van der Waals surface area contributed by atoms with E-state index >= 15 is 0 Å². The zero-order valence-electron chi connectivity index (χ0n) is 23.9. The lowest BCUT2D eigenvalue weighted by atomic mass is 9.88. The smallest absolute Gasteiger partial charge is 0.0633 e. The van der Waals surface area contributed by atoms with E-state index in [1.54, 1.807) is 0 Å². The standard InChI is InChI=1S/C36H43N3/c1-26(24-35(5,6)7)14-13-23-37-27(2)28(3)38-25-31-16-9-10-18-32(31)29(4)39-36(21-22-36)34-20-12-17-30-15-8-11-19-33(30)34/h8-20,37-39H,1-4,21-25H2,5-7H3/b14-13+. The Morgan fingerprint density at radius 3 is 2.26 bits per heavy atom. The minimum Gasteiger partial charge on any atom is -0.380 e. The zero-order chi connectivity index (χ0) is 28.0. The summed E-state index contributed by atoms with van der Waals surface area (Å²) in [7, 11) is 0. The molecule has 3 N–H and O–H groups in total. The third kappa shape index (κ3) is 7.32. The van der Waals surface area contributed by atoms with Crippen molar-refractivity contribution in [3.05, 3.63) is 139 Å². The van der Waals surface area contributed by atoms with E-state index in [4.69, 9.17) is 0 Å². The molecule has 1 aliphatic carbocycles. The van der Waals surface area contributed by atoms with Crippen molar-refractivity contribution < 1.29 is 0 Å². The Kier molecular flexibility index (Phi) is 8.50. The molecule has 4 rings (SSSR count). The topological polar surface area (TPSA) is 36.1 Å². The number of rotatable bonds is 13. The van der Waals surface area contributed by atoms with E-state index in [0.29, 0.717) is 13.1 Å². The van der Waals surface area contributed by atoms with E-state index in [0.717, 1.165) is 53.1 Å². The molecule has 1 fully saturated rings. The molecule has 39 heavy (non-hydrogen) atoms. The Morgan fingerprint density at radius 2 is 1.51 bits per heavy atom. The summed E-state index contributed by atoms with van der Waals surface area (Å²) in [6.07, 6.45) is 7.34. The van der Waals surface area contributed by atoms with Gasteiger partial charge in [-0.25, -0.2) is 0 Å². The van der Waals surface area contributed by atoms with Crippen LogP contribution in [0.2, 0.25) is 0 Å². The van der Waals surface area contributed by atoms with Crippen molar-refractivity contribution >= 4 is 16.5 Å². The van der Waals surface area contributed by atoms with Gasteiger partial charge in [0.25, 0.3) is 0 Å². The Hall–Kier alpha value is -3.98. The van der Waals surface area contributed by atoms with Crippen molar-refractivity contribution in [2.75, 3.05) is 6.54 Å². The minimum absolute atomic E-state index is 0.0635. The van der Waals surface area contributed by atoms with Crippen LogP contribution in [0.1, 0.15) is 56.7 Å². The van der Waals surface area contributed by atoms with Gasteiger partial charge >= 0.3 is 0 Å². The fourth-order valence-corrected chi connectivity index (χ4v) is 5.12. The van der Waals surface area contributed by atoms with Crippen LogP contribution in [-0.2, 0) is 12.1 Å². The van der Waals surface area contributed by atoms with Crippen LogP contribution in [0, 0.1) is 5.41 Å². The number of hydrogen-bond acceptors (Lipinski definition) is 3. The summed E-state index contributed by atoms with van der Waals surface area (Å²) in [5.74, 6) is 0. The molecule has 0 radical (unpaired) electrons. The zero-order valence-corrected chi connectivity index (χ0v) is 23.9. The molecule has 3 heteroatoms. The van der Waals surface area contributed by atoms with Crippen molar-refractivity contribution in [1.82, 2.24) is 16.0 Å². The first kappa shape index (κ1) is 28.0. The summed E-state index contributed by atoms with van der Waals surface area (Å²) in [5.41, 5.74) is 7.44. The number of allylic oxidation sites excluding steroid dienone is 2. The van der Waals surface area contributed by atoms with E-state index in [-0.39, 0.29) is 11.0 Å². The van der Waals surface area contributed by atoms with Crippen LogP contribution in [-0.4, -0.2) is 6.54 Å². The molecule has 3 aromatic carbocycles. The summed E-state index contributed by atoms with van der Waals surface area (Å²) < 4.78 is 0. The summed E-state index contributed by atoms with van der Waals surface area (Å²) in [6.45, 7) is 24.9. The second-order valence-corrected chi connectivity index (χ2v) is 11.9. The van der Waals surface area contributed by atoms with Crippen LogP contribution in [0.15, 0.2) is 122 Å². The predicted octanol–water partition coefficient (Wildman–Crippen LogP) is 8.34. The quantitative estimate of drug-likeness (QED) is 0.199. The van der Waals surface area contributed by atoms with Gasteiger partial charge in [-0.05, 0) is 46.6 Å². The fraction of sp³-hybridized carbons (Fsp3) is 0.278. The SMILES string of the molecule is C=C(/C=C/CNC(=C)C(=C)NCc1ccccc1C(=C)NC1(c2cccc3ccccc23)CC1)CC(C)(C)C. The average molecular weight is 518 g/mol. The molecule has 3 nitrogen and oxygen atoms in total. The Morgan fingerprint density at radius 1 is 0.846 bits per heavy atom. The van der Waals surface area contributed by atoms with Crippen LogP contribution >= 0.6 is 0 Å². The van der Waals surface area contributed by atoms with Crippen molar-refractivity contribution in [1.29, 1.82) is 0 Å². The molecule has 0 aromatic heterocycles. The lowest BCUT2D eigenvalue weighted by Gasteiger charge is -2.24. The van der Waals surface area contributed by atoms with Crippen molar-refractivity contribution in [2.45, 2.75) is 52.1 Å². The van der Waals surface area contributed by atoms with Gasteiger partial charge in [0.2, 0.25) is 0 Å². The summed E-state index contributed by atoms with van der Waals surface area (Å²) in [5, 5.41) is 13.2. The first-order valence-corrected chi connectivity index (χ1v) is 13.8. The van der Waals surface area contributed by atoms with Gasteiger partial charge in [-0.1, -0.05) is 132 Å². The highest BCUT2D eigenvalue weighted by Gasteiger charge is 2.45. The highest BCUT2D eigenvalue weighted by molar-refractivity contribution is 5.87. The third-order valence-electron chi connectivity index (χ3n) is 7.19. The maximum absolute atomic E-state index is 4.46. The Labute approximate surface area is 235 Å². The molecule has 1 saturated carbocycles. The van der Waals surface area contributed by atoms with E-state index in [1.807, 2.05) is 0 Å². The van der Waals surface area contributed by atoms with Crippen molar-refractivity contribution in [3.8, 4) is 0 Å². The first-order valence-electron chi connectivity index (χ1n) is 13.8. The van der Waals surface area contributed by atoms with E-state index < -0.39 is 0 Å². The molecule has 0 atom stereocenters. The van der Waals surface area contributed by atoms with Gasteiger partial charge in [0.1, 0.15) is 0 Å². The highest BCUT2D eigenvalue weighted by atomic mass is 15.0. The normalized spacial score (nSPS) is 14.1. The molecule has 0 spiro atoms. The van der Waals surface area contributed by atoms with Crippen LogP contribution in [0.5, 0.6) is 0 Å². The van der Waals surface area contributed by atoms with Crippen LogP contribution in [0.25, 0.3) is 16.5 Å². The summed E-state index contributed by atoms with van der Waals surface area (Å²) in [4.78, 5) is 0. The molecule has 0 bridgehead atoms. The summed E-state index contributed by atoms with van der Waals surface area (Å²) in [6, 6.07) is 23.6. The second-order valence-electron chi connectivity index (χ2n) is 11.9. The minimum atomic E-state index is -0.0635.